The summed E-state index contributed by atoms with van der Waals surface area (Å²) < 4.78 is 6.40. The second-order valence-electron chi connectivity index (χ2n) is 9.36. The molecule has 3 aromatic rings. The monoisotopic (exact) mass is 489 g/mol. The Kier molecular flexibility index (Phi) is 4.74. The summed E-state index contributed by atoms with van der Waals surface area (Å²) >= 11 is 1.56. The number of nitrogens with zero attached hydrogens (tertiary/aromatic N) is 6. The number of fused-ring (bicyclic) bond motifs is 3. The summed E-state index contributed by atoms with van der Waals surface area (Å²) in [7, 11) is 0. The molecular weight excluding hydrogens is 466 g/mol. The van der Waals surface area contributed by atoms with Gasteiger partial charge in [-0.05, 0) is 48.3 Å². The largest absolute Gasteiger partial charge is 0.467 e. The van der Waals surface area contributed by atoms with Gasteiger partial charge in [-0.3, -0.25) is 9.78 Å². The van der Waals surface area contributed by atoms with E-state index in [4.69, 9.17) is 14.7 Å². The molecule has 7 rings (SSSR count). The second kappa shape index (κ2) is 7.99. The smallest absolute Gasteiger partial charge is 0.274 e. The SMILES string of the molecule is O=C(c1cnccn1)N1C[C@@H]2C[C@H]1CN2c1nc(NC2=CC(C3CC3)=COC2O)c2sccc2n1. The maximum atomic E-state index is 12.9. The summed E-state index contributed by atoms with van der Waals surface area (Å²) in [5.74, 6) is 1.71. The van der Waals surface area contributed by atoms with Crippen molar-refractivity contribution in [3.63, 3.8) is 0 Å². The standard InChI is InChI=1S/C24H23N7O3S/c32-22(19-9-25-4-5-26-19)30-10-16-8-15(30)11-31(16)24-28-17-3-6-35-20(17)21(29-24)27-18-7-14(13-1-2-13)12-34-23(18)33/h3-7,9,12-13,15-16,23,33H,1-2,8,10-11H2,(H,27,28,29)/t15-,16-,23?/m0/s1. The van der Waals surface area contributed by atoms with Crippen molar-refractivity contribution in [2.45, 2.75) is 37.6 Å². The third-order valence-corrected chi connectivity index (χ3v) is 7.98. The minimum Gasteiger partial charge on any atom is -0.467 e. The van der Waals surface area contributed by atoms with Crippen molar-refractivity contribution >= 4 is 39.2 Å². The first-order valence-corrected chi connectivity index (χ1v) is 12.6. The quantitative estimate of drug-likeness (QED) is 0.558. The Morgan fingerprint density at radius 3 is 2.89 bits per heavy atom. The van der Waals surface area contributed by atoms with Crippen LogP contribution >= 0.6 is 11.3 Å². The fourth-order valence-electron chi connectivity index (χ4n) is 5.15. The number of piperazine rings is 1. The lowest BCUT2D eigenvalue weighted by molar-refractivity contribution is -0.0236. The van der Waals surface area contributed by atoms with Crippen LogP contribution in [0.3, 0.4) is 0 Å². The number of aliphatic hydroxyl groups is 1. The molecule has 3 fully saturated rings. The maximum absolute atomic E-state index is 12.9. The third kappa shape index (κ3) is 3.62. The first kappa shape index (κ1) is 20.8. The molecule has 3 aliphatic heterocycles. The number of aliphatic hydroxyl groups excluding tert-OH is 1. The van der Waals surface area contributed by atoms with Crippen LogP contribution in [0.2, 0.25) is 0 Å². The van der Waals surface area contributed by atoms with Gasteiger partial charge in [0, 0.05) is 25.5 Å². The van der Waals surface area contributed by atoms with Crippen molar-refractivity contribution in [3.8, 4) is 0 Å². The molecule has 0 radical (unpaired) electrons. The van der Waals surface area contributed by atoms with Gasteiger partial charge in [-0.25, -0.2) is 9.97 Å². The lowest BCUT2D eigenvalue weighted by Gasteiger charge is -2.34. The summed E-state index contributed by atoms with van der Waals surface area (Å²) in [6.45, 7) is 1.26. The van der Waals surface area contributed by atoms with Gasteiger partial charge in [0.15, 0.2) is 5.82 Å². The highest BCUT2D eigenvalue weighted by molar-refractivity contribution is 7.17. The number of aromatic nitrogens is 4. The molecule has 2 bridgehead atoms. The van der Waals surface area contributed by atoms with E-state index in [0.29, 0.717) is 42.2 Å². The minimum atomic E-state index is -1.06. The topological polar surface area (TPSA) is 117 Å². The van der Waals surface area contributed by atoms with Crippen LogP contribution in [0.1, 0.15) is 29.8 Å². The van der Waals surface area contributed by atoms with Crippen LogP contribution in [0.15, 0.2) is 53.6 Å². The highest BCUT2D eigenvalue weighted by Gasteiger charge is 2.47. The molecule has 10 nitrogen and oxygen atoms in total. The van der Waals surface area contributed by atoms with E-state index in [9.17, 15) is 9.90 Å². The van der Waals surface area contributed by atoms with E-state index in [0.717, 1.165) is 35.1 Å². The van der Waals surface area contributed by atoms with Gasteiger partial charge < -0.3 is 25.0 Å². The number of thiophene rings is 1. The fraction of sp³-hybridized carbons (Fsp3) is 0.375. The van der Waals surface area contributed by atoms with Crippen molar-refractivity contribution in [1.29, 1.82) is 0 Å². The molecule has 3 atom stereocenters. The first-order valence-electron chi connectivity index (χ1n) is 11.7. The Labute approximate surface area is 205 Å². The Balaban J connectivity index is 1.15. The van der Waals surface area contributed by atoms with E-state index in [1.807, 2.05) is 22.4 Å². The van der Waals surface area contributed by atoms with Gasteiger partial charge in [0.2, 0.25) is 12.2 Å². The van der Waals surface area contributed by atoms with Crippen LogP contribution in [-0.4, -0.2) is 67.3 Å². The van der Waals surface area contributed by atoms with Gasteiger partial charge in [-0.15, -0.1) is 11.3 Å². The molecule has 3 aromatic heterocycles. The van der Waals surface area contributed by atoms with Crippen LogP contribution < -0.4 is 10.2 Å². The number of hydrogen-bond acceptors (Lipinski definition) is 10. The lowest BCUT2D eigenvalue weighted by atomic mass is 10.1. The third-order valence-electron chi connectivity index (χ3n) is 7.07. The van der Waals surface area contributed by atoms with Crippen LogP contribution in [0.5, 0.6) is 0 Å². The van der Waals surface area contributed by atoms with Crippen LogP contribution in [0, 0.1) is 5.92 Å². The van der Waals surface area contributed by atoms with Crippen molar-refractivity contribution in [3.05, 3.63) is 59.3 Å². The number of amides is 1. The molecule has 4 aliphatic rings. The highest BCUT2D eigenvalue weighted by Crippen LogP contribution is 2.40. The predicted molar refractivity (Wildman–Crippen MR) is 130 cm³/mol. The molecule has 35 heavy (non-hydrogen) atoms. The summed E-state index contributed by atoms with van der Waals surface area (Å²) in [4.78, 5) is 34.9. The van der Waals surface area contributed by atoms with E-state index in [1.54, 1.807) is 30.0 Å². The summed E-state index contributed by atoms with van der Waals surface area (Å²) in [6, 6.07) is 2.19. The number of carbonyl (C=O) groups is 1. The molecule has 6 heterocycles. The molecular formula is C24H23N7O3S. The number of ether oxygens (including phenoxy) is 1. The van der Waals surface area contributed by atoms with Crippen LogP contribution in [-0.2, 0) is 4.74 Å². The van der Waals surface area contributed by atoms with Gasteiger partial charge in [-0.1, -0.05) is 0 Å². The molecule has 2 N–H and O–H groups in total. The highest BCUT2D eigenvalue weighted by atomic mass is 32.1. The van der Waals surface area contributed by atoms with Crippen molar-refractivity contribution in [2.75, 3.05) is 23.3 Å². The minimum absolute atomic E-state index is 0.0789. The molecule has 11 heteroatoms. The summed E-state index contributed by atoms with van der Waals surface area (Å²) in [6.07, 6.45) is 10.4. The number of nitrogens with one attached hydrogen (secondary N) is 1. The lowest BCUT2D eigenvalue weighted by Crippen LogP contribution is -2.49. The van der Waals surface area contributed by atoms with Crippen molar-refractivity contribution in [1.82, 2.24) is 24.8 Å². The molecule has 0 aromatic carbocycles. The number of hydrogen-bond donors (Lipinski definition) is 2. The number of anilines is 2. The zero-order chi connectivity index (χ0) is 23.5. The molecule has 1 unspecified atom stereocenters. The summed E-state index contributed by atoms with van der Waals surface area (Å²) in [5, 5.41) is 15.7. The Morgan fingerprint density at radius 1 is 1.20 bits per heavy atom. The van der Waals surface area contributed by atoms with Gasteiger partial charge in [0.05, 0.1) is 40.5 Å². The molecule has 178 valence electrons. The predicted octanol–water partition coefficient (Wildman–Crippen LogP) is 2.52. The molecule has 1 aliphatic carbocycles. The number of likely N-dealkylation sites (tertiary alicyclic amines) is 1. The normalized spacial score (nSPS) is 25.5. The molecule has 1 amide bonds. The molecule has 0 spiro atoms. The van der Waals surface area contributed by atoms with Gasteiger partial charge in [-0.2, -0.15) is 4.98 Å². The number of carbonyl (C=O) groups excluding carboxylic acids is 1. The summed E-state index contributed by atoms with van der Waals surface area (Å²) in [5.41, 5.74) is 2.90. The van der Waals surface area contributed by atoms with E-state index in [1.165, 1.54) is 6.20 Å². The van der Waals surface area contributed by atoms with Gasteiger partial charge in [0.1, 0.15) is 5.69 Å². The molecule has 2 saturated heterocycles. The average molecular weight is 490 g/mol. The van der Waals surface area contributed by atoms with E-state index < -0.39 is 6.29 Å². The van der Waals surface area contributed by atoms with Crippen molar-refractivity contribution in [2.24, 2.45) is 5.92 Å². The van der Waals surface area contributed by atoms with Crippen LogP contribution in [0.25, 0.3) is 10.2 Å². The Hall–Kier alpha value is -3.57. The zero-order valence-corrected chi connectivity index (χ0v) is 19.6. The Morgan fingerprint density at radius 2 is 2.11 bits per heavy atom. The first-order chi connectivity index (χ1) is 17.1. The number of rotatable bonds is 5. The van der Waals surface area contributed by atoms with Gasteiger partial charge in [0.25, 0.3) is 5.91 Å². The van der Waals surface area contributed by atoms with Gasteiger partial charge >= 0.3 is 0 Å². The zero-order valence-electron chi connectivity index (χ0n) is 18.7. The maximum Gasteiger partial charge on any atom is 0.274 e. The number of allylic oxidation sites excluding steroid dienone is 2. The average Bonchev–Trinajstić information content (AvgIpc) is 3.29. The Bertz CT molecular complexity index is 1370. The second-order valence-corrected chi connectivity index (χ2v) is 10.3. The van der Waals surface area contributed by atoms with Crippen LogP contribution in [0.4, 0.5) is 11.8 Å². The van der Waals surface area contributed by atoms with E-state index in [-0.39, 0.29) is 18.0 Å². The van der Waals surface area contributed by atoms with E-state index in [2.05, 4.69) is 20.2 Å². The van der Waals surface area contributed by atoms with Crippen molar-refractivity contribution < 1.29 is 14.6 Å². The molecule has 1 saturated carbocycles. The van der Waals surface area contributed by atoms with E-state index >= 15 is 0 Å². The fourth-order valence-corrected chi connectivity index (χ4v) is 5.92.